The molecule has 0 atom stereocenters. The number of benzene rings is 1. The Labute approximate surface area is 109 Å². The van der Waals surface area contributed by atoms with Gasteiger partial charge in [-0.3, -0.25) is 4.79 Å². The largest absolute Gasteiger partial charge is 0.496 e. The Morgan fingerprint density at radius 1 is 1.32 bits per heavy atom. The zero-order valence-corrected chi connectivity index (χ0v) is 10.5. The number of carbonyl (C=O) groups is 1. The molecule has 1 heterocycles. The van der Waals surface area contributed by atoms with Crippen LogP contribution >= 0.6 is 0 Å². The Morgan fingerprint density at radius 3 is 2.47 bits per heavy atom. The normalized spacial score (nSPS) is 10.2. The van der Waals surface area contributed by atoms with Crippen molar-refractivity contribution in [1.29, 1.82) is 0 Å². The topological polar surface area (TPSA) is 81.8 Å². The highest BCUT2D eigenvalue weighted by atomic mass is 16.5. The summed E-state index contributed by atoms with van der Waals surface area (Å²) in [6, 6.07) is 5.28. The zero-order chi connectivity index (χ0) is 13.8. The number of rotatable bonds is 5. The van der Waals surface area contributed by atoms with E-state index in [1.54, 1.807) is 18.2 Å². The predicted molar refractivity (Wildman–Crippen MR) is 66.4 cm³/mol. The molecule has 1 aromatic carbocycles. The molecule has 0 fully saturated rings. The molecule has 6 nitrogen and oxygen atoms in total. The number of oxazole rings is 1. The van der Waals surface area contributed by atoms with E-state index in [0.29, 0.717) is 22.8 Å². The lowest BCUT2D eigenvalue weighted by Crippen LogP contribution is -2.00. The van der Waals surface area contributed by atoms with Gasteiger partial charge in [0.15, 0.2) is 0 Å². The van der Waals surface area contributed by atoms with Crippen molar-refractivity contribution in [1.82, 2.24) is 4.98 Å². The van der Waals surface area contributed by atoms with E-state index in [9.17, 15) is 4.79 Å². The first kappa shape index (κ1) is 12.9. The molecule has 100 valence electrons. The monoisotopic (exact) mass is 263 g/mol. The van der Waals surface area contributed by atoms with Crippen LogP contribution in [-0.2, 0) is 11.2 Å². The molecule has 0 spiro atoms. The summed E-state index contributed by atoms with van der Waals surface area (Å²) in [5.41, 5.74) is 0.902. The smallest absolute Gasteiger partial charge is 0.309 e. The molecule has 0 radical (unpaired) electrons. The van der Waals surface area contributed by atoms with Gasteiger partial charge in [-0.25, -0.2) is 4.98 Å². The number of hydrogen-bond donors (Lipinski definition) is 1. The van der Waals surface area contributed by atoms with Crippen LogP contribution in [0.3, 0.4) is 0 Å². The third-order valence-corrected chi connectivity index (χ3v) is 2.53. The van der Waals surface area contributed by atoms with Crippen molar-refractivity contribution in [2.75, 3.05) is 14.2 Å². The Kier molecular flexibility index (Phi) is 3.70. The maximum absolute atomic E-state index is 10.6. The van der Waals surface area contributed by atoms with E-state index in [2.05, 4.69) is 4.98 Å². The van der Waals surface area contributed by atoms with Crippen molar-refractivity contribution in [2.45, 2.75) is 6.42 Å². The lowest BCUT2D eigenvalue weighted by molar-refractivity contribution is -0.136. The van der Waals surface area contributed by atoms with E-state index in [1.807, 2.05) is 0 Å². The number of aliphatic carboxylic acids is 1. The summed E-state index contributed by atoms with van der Waals surface area (Å²) in [6.07, 6.45) is 1.12. The summed E-state index contributed by atoms with van der Waals surface area (Å²) in [4.78, 5) is 14.8. The molecule has 0 aliphatic heterocycles. The first-order valence-corrected chi connectivity index (χ1v) is 5.53. The van der Waals surface area contributed by atoms with Crippen molar-refractivity contribution in [2.24, 2.45) is 0 Å². The second-order valence-corrected chi connectivity index (χ2v) is 3.75. The van der Waals surface area contributed by atoms with Gasteiger partial charge in [-0.2, -0.15) is 0 Å². The van der Waals surface area contributed by atoms with Gasteiger partial charge in [0.05, 0.1) is 26.3 Å². The Morgan fingerprint density at radius 2 is 1.95 bits per heavy atom. The number of methoxy groups -OCH3 is 2. The van der Waals surface area contributed by atoms with Crippen LogP contribution in [0.15, 0.2) is 28.9 Å². The van der Waals surface area contributed by atoms with Gasteiger partial charge >= 0.3 is 5.97 Å². The third-order valence-electron chi connectivity index (χ3n) is 2.53. The summed E-state index contributed by atoms with van der Waals surface area (Å²) in [5.74, 6) is 0.392. The lowest BCUT2D eigenvalue weighted by atomic mass is 10.1. The summed E-state index contributed by atoms with van der Waals surface area (Å²) < 4.78 is 15.8. The van der Waals surface area contributed by atoms with Crippen molar-refractivity contribution in [3.8, 4) is 23.0 Å². The molecule has 1 aromatic heterocycles. The minimum atomic E-state index is -0.966. The second-order valence-electron chi connectivity index (χ2n) is 3.75. The number of carboxylic acids is 1. The van der Waals surface area contributed by atoms with Gasteiger partial charge in [-0.1, -0.05) is 6.07 Å². The van der Waals surface area contributed by atoms with Crippen LogP contribution in [-0.4, -0.2) is 30.3 Å². The highest BCUT2D eigenvalue weighted by molar-refractivity contribution is 5.72. The van der Waals surface area contributed by atoms with Crippen molar-refractivity contribution in [3.05, 3.63) is 30.2 Å². The second kappa shape index (κ2) is 5.43. The molecule has 19 heavy (non-hydrogen) atoms. The van der Waals surface area contributed by atoms with E-state index < -0.39 is 5.97 Å². The van der Waals surface area contributed by atoms with Gasteiger partial charge in [0.1, 0.15) is 23.3 Å². The van der Waals surface area contributed by atoms with E-state index in [4.69, 9.17) is 19.0 Å². The molecular formula is C13H13NO5. The molecule has 0 aliphatic carbocycles. The number of hydrogen-bond acceptors (Lipinski definition) is 5. The summed E-state index contributed by atoms with van der Waals surface area (Å²) >= 11 is 0. The van der Waals surface area contributed by atoms with Gasteiger partial charge in [0.2, 0.25) is 5.89 Å². The molecule has 0 saturated carbocycles. The average Bonchev–Trinajstić information content (AvgIpc) is 2.84. The summed E-state index contributed by atoms with van der Waals surface area (Å²) in [5, 5.41) is 8.72. The summed E-state index contributed by atoms with van der Waals surface area (Å²) in [7, 11) is 3.05. The van der Waals surface area contributed by atoms with Crippen molar-refractivity contribution < 1.29 is 23.8 Å². The maximum Gasteiger partial charge on any atom is 0.309 e. The fraction of sp³-hybridized carbons (Fsp3) is 0.231. The molecule has 0 unspecified atom stereocenters. The molecular weight excluding hydrogens is 250 g/mol. The van der Waals surface area contributed by atoms with Gasteiger partial charge in [0.25, 0.3) is 0 Å². The van der Waals surface area contributed by atoms with Crippen LogP contribution < -0.4 is 9.47 Å². The zero-order valence-electron chi connectivity index (χ0n) is 10.5. The van der Waals surface area contributed by atoms with Crippen LogP contribution in [0.1, 0.15) is 5.69 Å². The molecule has 0 saturated heterocycles. The molecule has 2 rings (SSSR count). The summed E-state index contributed by atoms with van der Waals surface area (Å²) in [6.45, 7) is 0. The van der Waals surface area contributed by atoms with Crippen molar-refractivity contribution in [3.63, 3.8) is 0 Å². The number of aromatic nitrogens is 1. The standard InChI is InChI=1S/C13H13NO5/c1-17-9-4-3-5-10(18-2)12(9)13-14-8(7-19-13)6-11(15)16/h3-5,7H,6H2,1-2H3,(H,15,16). The number of carboxylic acid groups (broad SMARTS) is 1. The van der Waals surface area contributed by atoms with E-state index in [1.165, 1.54) is 20.5 Å². The molecule has 6 heteroatoms. The molecule has 2 aromatic rings. The van der Waals surface area contributed by atoms with Crippen LogP contribution in [0, 0.1) is 0 Å². The van der Waals surface area contributed by atoms with Crippen molar-refractivity contribution >= 4 is 5.97 Å². The molecule has 0 aliphatic rings. The molecule has 0 amide bonds. The average molecular weight is 263 g/mol. The van der Waals surface area contributed by atoms with Gasteiger partial charge < -0.3 is 19.0 Å². The first-order chi connectivity index (χ1) is 9.15. The van der Waals surface area contributed by atoms with Crippen LogP contribution in [0.5, 0.6) is 11.5 Å². The van der Waals surface area contributed by atoms with E-state index in [-0.39, 0.29) is 12.3 Å². The van der Waals surface area contributed by atoms with Crippen LogP contribution in [0.2, 0.25) is 0 Å². The third kappa shape index (κ3) is 2.67. The van der Waals surface area contributed by atoms with Crippen LogP contribution in [0.25, 0.3) is 11.5 Å². The van der Waals surface area contributed by atoms with Gasteiger partial charge in [-0.15, -0.1) is 0 Å². The lowest BCUT2D eigenvalue weighted by Gasteiger charge is -2.09. The van der Waals surface area contributed by atoms with Gasteiger partial charge in [-0.05, 0) is 12.1 Å². The highest BCUT2D eigenvalue weighted by Gasteiger charge is 2.18. The van der Waals surface area contributed by atoms with E-state index >= 15 is 0 Å². The highest BCUT2D eigenvalue weighted by Crippen LogP contribution is 2.37. The SMILES string of the molecule is COc1cccc(OC)c1-c1nc(CC(=O)O)co1. The number of nitrogens with zero attached hydrogens (tertiary/aromatic N) is 1. The Balaban J connectivity index is 2.45. The number of ether oxygens (including phenoxy) is 2. The minimum Gasteiger partial charge on any atom is -0.496 e. The van der Waals surface area contributed by atoms with E-state index in [0.717, 1.165) is 0 Å². The quantitative estimate of drug-likeness (QED) is 0.888. The van der Waals surface area contributed by atoms with Gasteiger partial charge in [0, 0.05) is 0 Å². The molecule has 1 N–H and O–H groups in total. The Hall–Kier alpha value is -2.50. The fourth-order valence-corrected chi connectivity index (χ4v) is 1.72. The Bertz CT molecular complexity index is 568. The minimum absolute atomic E-state index is 0.193. The fourth-order valence-electron chi connectivity index (χ4n) is 1.72. The van der Waals surface area contributed by atoms with Crippen LogP contribution in [0.4, 0.5) is 0 Å². The molecule has 0 bridgehead atoms. The maximum atomic E-state index is 10.6. The predicted octanol–water partition coefficient (Wildman–Crippen LogP) is 1.99. The first-order valence-electron chi connectivity index (χ1n) is 5.53.